The van der Waals surface area contributed by atoms with Gasteiger partial charge in [-0.1, -0.05) is 91.7 Å². The van der Waals surface area contributed by atoms with Crippen molar-refractivity contribution in [3.8, 4) is 0 Å². The molecule has 0 rings (SSSR count). The van der Waals surface area contributed by atoms with E-state index < -0.39 is 51.2 Å². The first kappa shape index (κ1) is 24.4. The Labute approximate surface area is 152 Å². The lowest BCUT2D eigenvalue weighted by molar-refractivity contribution is 0.584. The molecule has 0 aliphatic rings. The quantitative estimate of drug-likeness (QED) is 0.601. The van der Waals surface area contributed by atoms with Crippen molar-refractivity contribution in [3.05, 3.63) is 0 Å². The normalized spacial score (nSPS) is 16.7. The van der Waals surface area contributed by atoms with Gasteiger partial charge >= 0.3 is 0 Å². The van der Waals surface area contributed by atoms with Gasteiger partial charge in [-0.2, -0.15) is 0 Å². The summed E-state index contributed by atoms with van der Waals surface area (Å²) in [4.78, 5) is 25.0. The first-order chi connectivity index (χ1) is 9.50. The molecule has 0 aliphatic carbocycles. The van der Waals surface area contributed by atoms with Crippen LogP contribution in [0.4, 0.5) is 0 Å². The van der Waals surface area contributed by atoms with Crippen LogP contribution in [0.25, 0.3) is 0 Å². The van der Waals surface area contributed by atoms with Gasteiger partial charge in [0.05, 0.1) is 37.5 Å². The maximum Gasteiger partial charge on any atom is 0.153 e. The topological polar surface area (TPSA) is 40.5 Å². The van der Waals surface area contributed by atoms with Crippen LogP contribution in [0.5, 0.6) is 0 Å². The summed E-state index contributed by atoms with van der Waals surface area (Å²) in [6, 6.07) is 0. The Morgan fingerprint density at radius 3 is 0.565 bits per heavy atom. The van der Waals surface area contributed by atoms with Crippen LogP contribution in [0.1, 0.15) is 0 Å². The summed E-state index contributed by atoms with van der Waals surface area (Å²) in [5.74, 6) is 0. The molecule has 23 heavy (non-hydrogen) atoms. The van der Waals surface area contributed by atoms with Crippen LogP contribution in [0.15, 0.2) is 0 Å². The lowest BCUT2D eigenvalue weighted by atomic mass is 11.8. The third kappa shape index (κ3) is 3.50. The van der Waals surface area contributed by atoms with E-state index in [1.807, 2.05) is 0 Å². The van der Waals surface area contributed by atoms with Crippen molar-refractivity contribution in [1.82, 2.24) is 0 Å². The van der Waals surface area contributed by atoms with Gasteiger partial charge in [-0.25, -0.2) is 0 Å². The molecule has 0 unspecified atom stereocenters. The Balaban J connectivity index is 6.94. The third-order valence-corrected chi connectivity index (χ3v) is 147. The van der Waals surface area contributed by atoms with Crippen LogP contribution >= 0.6 is 0 Å². The highest BCUT2D eigenvalue weighted by atomic mass is 30.2. The maximum absolute atomic E-state index is 12.5. The van der Waals surface area contributed by atoms with E-state index in [2.05, 4.69) is 91.7 Å². The Bertz CT molecular complexity index is 368. The molecule has 2 N–H and O–H groups in total. The first-order valence-corrected chi connectivity index (χ1v) is 35.8. The minimum Gasteiger partial charge on any atom is -0.440 e. The second-order valence-electron chi connectivity index (χ2n) is 12.0. The van der Waals surface area contributed by atoms with Gasteiger partial charge in [0.15, 0.2) is 13.7 Å². The zero-order valence-corrected chi connectivity index (χ0v) is 25.4. The molecule has 140 valence electrons. The predicted octanol–water partition coefficient (Wildman–Crippen LogP) is 4.39. The smallest absolute Gasteiger partial charge is 0.153 e. The molecule has 0 bridgehead atoms. The fraction of sp³-hybridized carbons (Fsp3) is 1.00. The summed E-state index contributed by atoms with van der Waals surface area (Å²) in [6.07, 6.45) is 0. The van der Waals surface area contributed by atoms with Crippen molar-refractivity contribution >= 4 is 51.2 Å². The summed E-state index contributed by atoms with van der Waals surface area (Å²) < 4.78 is 0. The van der Waals surface area contributed by atoms with E-state index in [9.17, 15) is 9.59 Å². The maximum atomic E-state index is 12.5. The highest BCUT2D eigenvalue weighted by molar-refractivity contribution is 8.07. The summed E-state index contributed by atoms with van der Waals surface area (Å²) in [6.45, 7) is 28.8. The van der Waals surface area contributed by atoms with Crippen LogP contribution in [0.3, 0.4) is 0 Å². The molecule has 0 saturated carbocycles. The summed E-state index contributed by atoms with van der Waals surface area (Å²) in [5, 5.41) is 0. The Morgan fingerprint density at radius 1 is 0.348 bits per heavy atom. The van der Waals surface area contributed by atoms with Gasteiger partial charge in [0, 0.05) is 0 Å². The first-order valence-electron chi connectivity index (χ1n) is 8.95. The number of hydrogen-bond acceptors (Lipinski definition) is 2. The molecular formula is C14H44O2Si7. The van der Waals surface area contributed by atoms with Crippen molar-refractivity contribution in [2.75, 3.05) is 0 Å². The average molecular weight is 441 g/mol. The largest absolute Gasteiger partial charge is 0.440 e. The van der Waals surface area contributed by atoms with Crippen LogP contribution in [0.2, 0.25) is 91.7 Å². The van der Waals surface area contributed by atoms with Crippen molar-refractivity contribution in [1.29, 1.82) is 0 Å². The molecule has 0 aromatic heterocycles. The Morgan fingerprint density at radius 2 is 0.478 bits per heavy atom. The van der Waals surface area contributed by atoms with E-state index in [0.717, 1.165) is 0 Å². The van der Waals surface area contributed by atoms with Crippen LogP contribution in [0, 0.1) is 0 Å². The fourth-order valence-corrected chi connectivity index (χ4v) is 243. The highest BCUT2D eigenvalue weighted by Crippen LogP contribution is 2.44. The standard InChI is InChI=1S/C14H44O2Si7/c1-17(2,3)22(15,18(4,5)6)21(13,14)23(16,19(7,8)9)20(10,11)12/h15-16H,1-14H3. The van der Waals surface area contributed by atoms with Gasteiger partial charge < -0.3 is 9.59 Å². The van der Waals surface area contributed by atoms with Crippen LogP contribution in [-0.2, 0) is 0 Å². The number of rotatable bonds is 6. The van der Waals surface area contributed by atoms with Crippen LogP contribution < -0.4 is 0 Å². The van der Waals surface area contributed by atoms with Crippen molar-refractivity contribution in [2.45, 2.75) is 91.7 Å². The molecule has 0 radical (unpaired) electrons. The lowest BCUT2D eigenvalue weighted by Gasteiger charge is -2.63. The third-order valence-electron chi connectivity index (χ3n) is 6.15. The molecule has 0 aliphatic heterocycles. The van der Waals surface area contributed by atoms with Crippen molar-refractivity contribution in [2.24, 2.45) is 0 Å². The molecule has 0 atom stereocenters. The van der Waals surface area contributed by atoms with Gasteiger partial charge in [-0.05, 0) is 0 Å². The minimum atomic E-state index is -2.44. The van der Waals surface area contributed by atoms with Crippen molar-refractivity contribution < 1.29 is 9.59 Å². The minimum absolute atomic E-state index is 1.71. The molecule has 0 saturated heterocycles. The molecular weight excluding hydrogens is 397 g/mol. The van der Waals surface area contributed by atoms with E-state index in [0.29, 0.717) is 0 Å². The molecule has 0 spiro atoms. The second-order valence-corrected chi connectivity index (χ2v) is 85.2. The van der Waals surface area contributed by atoms with E-state index in [1.54, 1.807) is 0 Å². The molecule has 0 aromatic rings. The van der Waals surface area contributed by atoms with E-state index in [1.165, 1.54) is 0 Å². The SMILES string of the molecule is C[Si](C)(C)[Si](O)([Si](C)(C)C)[Si](C)(C)[Si](O)([Si](C)(C)C)[Si](C)(C)C. The molecule has 9 heteroatoms. The summed E-state index contributed by atoms with van der Waals surface area (Å²) in [7, 11) is -8.96. The zero-order chi connectivity index (χ0) is 19.5. The average Bonchev–Trinajstić information content (AvgIpc) is 2.19. The van der Waals surface area contributed by atoms with E-state index >= 15 is 0 Å². The zero-order valence-electron chi connectivity index (χ0n) is 18.4. The summed E-state index contributed by atoms with van der Waals surface area (Å²) >= 11 is 0. The fourth-order valence-electron chi connectivity index (χ4n) is 6.26. The van der Waals surface area contributed by atoms with Gasteiger partial charge in [0.1, 0.15) is 0 Å². The second kappa shape index (κ2) is 6.25. The number of hydrogen-bond donors (Lipinski definition) is 2. The summed E-state index contributed by atoms with van der Waals surface area (Å²) in [5.41, 5.74) is 0. The van der Waals surface area contributed by atoms with Crippen LogP contribution in [-0.4, -0.2) is 60.8 Å². The van der Waals surface area contributed by atoms with E-state index in [-0.39, 0.29) is 0 Å². The molecule has 2 nitrogen and oxygen atoms in total. The van der Waals surface area contributed by atoms with E-state index in [4.69, 9.17) is 0 Å². The van der Waals surface area contributed by atoms with Gasteiger partial charge in [-0.3, -0.25) is 0 Å². The molecule has 0 aromatic carbocycles. The molecule has 0 heterocycles. The van der Waals surface area contributed by atoms with Gasteiger partial charge in [0.25, 0.3) is 0 Å². The highest BCUT2D eigenvalue weighted by Gasteiger charge is 2.75. The van der Waals surface area contributed by atoms with Gasteiger partial charge in [-0.15, -0.1) is 0 Å². The Hall–Kier alpha value is 1.44. The lowest BCUT2D eigenvalue weighted by Crippen LogP contribution is -2.97. The Kier molecular flexibility index (Phi) is 6.65. The van der Waals surface area contributed by atoms with Crippen molar-refractivity contribution in [3.63, 3.8) is 0 Å². The predicted molar refractivity (Wildman–Crippen MR) is 127 cm³/mol. The monoisotopic (exact) mass is 440 g/mol. The van der Waals surface area contributed by atoms with Gasteiger partial charge in [0.2, 0.25) is 0 Å². The molecule has 0 fully saturated rings. The molecule has 0 amide bonds.